The summed E-state index contributed by atoms with van der Waals surface area (Å²) in [6, 6.07) is 13.2. The first-order valence-electron chi connectivity index (χ1n) is 7.07. The first-order valence-corrected chi connectivity index (χ1v) is 7.07. The van der Waals surface area contributed by atoms with Gasteiger partial charge in [-0.2, -0.15) is 0 Å². The number of methoxy groups -OCH3 is 1. The SMILES string of the molecule is CONC(=O)c1ccc(Nc2ccc3cc[nH]c3c2)c(OC)c1. The standard InChI is InChI=1S/C17H17N3O3/c1-22-16-9-12(17(21)20-23-2)4-6-14(16)19-13-5-3-11-7-8-18-15(11)10-13/h3-10,18-19H,1-2H3,(H,20,21). The van der Waals surface area contributed by atoms with E-state index in [2.05, 4.69) is 20.6 Å². The van der Waals surface area contributed by atoms with Crippen LogP contribution in [0.3, 0.4) is 0 Å². The molecule has 118 valence electrons. The van der Waals surface area contributed by atoms with Crippen molar-refractivity contribution in [2.75, 3.05) is 19.5 Å². The number of aromatic amines is 1. The Morgan fingerprint density at radius 2 is 1.96 bits per heavy atom. The molecule has 0 radical (unpaired) electrons. The van der Waals surface area contributed by atoms with E-state index >= 15 is 0 Å². The number of anilines is 2. The maximum atomic E-state index is 11.8. The van der Waals surface area contributed by atoms with Crippen LogP contribution in [0.5, 0.6) is 5.75 Å². The van der Waals surface area contributed by atoms with E-state index in [0.29, 0.717) is 11.3 Å². The predicted octanol–water partition coefficient (Wildman–Crippen LogP) is 3.21. The molecule has 6 heteroatoms. The minimum absolute atomic E-state index is 0.329. The van der Waals surface area contributed by atoms with E-state index in [1.54, 1.807) is 25.3 Å². The molecule has 0 aliphatic carbocycles. The smallest absolute Gasteiger partial charge is 0.274 e. The molecule has 0 bridgehead atoms. The summed E-state index contributed by atoms with van der Waals surface area (Å²) < 4.78 is 5.37. The highest BCUT2D eigenvalue weighted by Crippen LogP contribution is 2.29. The first kappa shape index (κ1) is 14.9. The summed E-state index contributed by atoms with van der Waals surface area (Å²) in [6.07, 6.45) is 1.90. The lowest BCUT2D eigenvalue weighted by molar-refractivity contribution is 0.0537. The number of fused-ring (bicyclic) bond motifs is 1. The molecule has 0 aliphatic rings. The van der Waals surface area contributed by atoms with Gasteiger partial charge in [-0.1, -0.05) is 6.07 Å². The van der Waals surface area contributed by atoms with Crippen LogP contribution >= 0.6 is 0 Å². The monoisotopic (exact) mass is 311 g/mol. The number of hydrogen-bond donors (Lipinski definition) is 3. The van der Waals surface area contributed by atoms with Crippen LogP contribution in [0.2, 0.25) is 0 Å². The summed E-state index contributed by atoms with van der Waals surface area (Å²) in [5.74, 6) is 0.241. The number of hydroxylamine groups is 1. The van der Waals surface area contributed by atoms with E-state index in [0.717, 1.165) is 22.3 Å². The highest BCUT2D eigenvalue weighted by Gasteiger charge is 2.10. The van der Waals surface area contributed by atoms with Gasteiger partial charge in [0.1, 0.15) is 5.75 Å². The third-order valence-corrected chi connectivity index (χ3v) is 3.49. The van der Waals surface area contributed by atoms with Crippen LogP contribution in [0.15, 0.2) is 48.7 Å². The van der Waals surface area contributed by atoms with Crippen molar-refractivity contribution >= 4 is 28.2 Å². The van der Waals surface area contributed by atoms with Gasteiger partial charge in [-0.3, -0.25) is 9.63 Å². The van der Waals surface area contributed by atoms with Crippen molar-refractivity contribution in [3.8, 4) is 5.75 Å². The van der Waals surface area contributed by atoms with Crippen molar-refractivity contribution in [3.63, 3.8) is 0 Å². The van der Waals surface area contributed by atoms with Crippen molar-refractivity contribution in [3.05, 3.63) is 54.2 Å². The van der Waals surface area contributed by atoms with E-state index in [1.807, 2.05) is 30.5 Å². The number of aromatic nitrogens is 1. The Kier molecular flexibility index (Phi) is 4.16. The Labute approximate surface area is 133 Å². The quantitative estimate of drug-likeness (QED) is 0.632. The summed E-state index contributed by atoms with van der Waals surface area (Å²) in [4.78, 5) is 19.6. The molecular formula is C17H17N3O3. The number of benzene rings is 2. The molecule has 0 aliphatic heterocycles. The van der Waals surface area contributed by atoms with Gasteiger partial charge in [0.15, 0.2) is 0 Å². The van der Waals surface area contributed by atoms with Gasteiger partial charge in [-0.25, -0.2) is 5.48 Å². The molecule has 0 unspecified atom stereocenters. The first-order chi connectivity index (χ1) is 11.2. The molecule has 3 aromatic rings. The third kappa shape index (κ3) is 3.12. The lowest BCUT2D eigenvalue weighted by Crippen LogP contribution is -2.21. The second-order valence-electron chi connectivity index (χ2n) is 4.96. The molecule has 6 nitrogen and oxygen atoms in total. The van der Waals surface area contributed by atoms with Crippen LogP contribution < -0.4 is 15.5 Å². The molecule has 0 fully saturated rings. The second kappa shape index (κ2) is 6.41. The topological polar surface area (TPSA) is 75.4 Å². The molecule has 1 heterocycles. The number of ether oxygens (including phenoxy) is 1. The summed E-state index contributed by atoms with van der Waals surface area (Å²) in [7, 11) is 2.95. The van der Waals surface area contributed by atoms with Gasteiger partial charge in [-0.15, -0.1) is 0 Å². The van der Waals surface area contributed by atoms with Crippen LogP contribution in [-0.2, 0) is 4.84 Å². The molecule has 0 saturated heterocycles. The summed E-state index contributed by atoms with van der Waals surface area (Å²) in [6.45, 7) is 0. The molecule has 23 heavy (non-hydrogen) atoms. The Hall–Kier alpha value is -2.99. The van der Waals surface area contributed by atoms with Gasteiger partial charge in [0, 0.05) is 23.0 Å². The zero-order valence-corrected chi connectivity index (χ0v) is 12.8. The molecular weight excluding hydrogens is 294 g/mol. The van der Waals surface area contributed by atoms with Crippen molar-refractivity contribution in [1.82, 2.24) is 10.5 Å². The van der Waals surface area contributed by atoms with Crippen LogP contribution in [0, 0.1) is 0 Å². The molecule has 3 rings (SSSR count). The fourth-order valence-electron chi connectivity index (χ4n) is 2.37. The Morgan fingerprint density at radius 1 is 1.09 bits per heavy atom. The normalized spacial score (nSPS) is 10.5. The molecule has 1 aromatic heterocycles. The molecule has 0 atom stereocenters. The highest BCUT2D eigenvalue weighted by atomic mass is 16.6. The van der Waals surface area contributed by atoms with E-state index in [1.165, 1.54) is 7.11 Å². The number of rotatable bonds is 5. The minimum Gasteiger partial charge on any atom is -0.495 e. The number of H-pyrrole nitrogens is 1. The lowest BCUT2D eigenvalue weighted by atomic mass is 10.1. The second-order valence-corrected chi connectivity index (χ2v) is 4.96. The van der Waals surface area contributed by atoms with Gasteiger partial charge in [0.25, 0.3) is 5.91 Å². The lowest BCUT2D eigenvalue weighted by Gasteiger charge is -2.13. The predicted molar refractivity (Wildman–Crippen MR) is 89.1 cm³/mol. The number of carbonyl (C=O) groups is 1. The van der Waals surface area contributed by atoms with Gasteiger partial charge < -0.3 is 15.0 Å². The number of hydrogen-bond acceptors (Lipinski definition) is 4. The number of nitrogens with one attached hydrogen (secondary N) is 3. The maximum Gasteiger partial charge on any atom is 0.274 e. The number of amides is 1. The molecule has 1 amide bonds. The van der Waals surface area contributed by atoms with Crippen molar-refractivity contribution in [2.45, 2.75) is 0 Å². The summed E-state index contributed by atoms with van der Waals surface area (Å²) in [5, 5.41) is 4.44. The largest absolute Gasteiger partial charge is 0.495 e. The molecule has 0 saturated carbocycles. The zero-order valence-electron chi connectivity index (χ0n) is 12.8. The highest BCUT2D eigenvalue weighted by molar-refractivity contribution is 5.95. The van der Waals surface area contributed by atoms with Gasteiger partial charge in [0.2, 0.25) is 0 Å². The number of carbonyl (C=O) groups excluding carboxylic acids is 1. The van der Waals surface area contributed by atoms with Gasteiger partial charge in [0.05, 0.1) is 19.9 Å². The average molecular weight is 311 g/mol. The van der Waals surface area contributed by atoms with Crippen LogP contribution in [0.25, 0.3) is 10.9 Å². The summed E-state index contributed by atoms with van der Waals surface area (Å²) in [5.41, 5.74) is 5.47. The fourth-order valence-corrected chi connectivity index (χ4v) is 2.37. The zero-order chi connectivity index (χ0) is 16.2. The van der Waals surface area contributed by atoms with Gasteiger partial charge >= 0.3 is 0 Å². The Balaban J connectivity index is 1.88. The van der Waals surface area contributed by atoms with E-state index in [9.17, 15) is 4.79 Å². The van der Waals surface area contributed by atoms with E-state index < -0.39 is 0 Å². The van der Waals surface area contributed by atoms with E-state index in [4.69, 9.17) is 4.74 Å². The fraction of sp³-hybridized carbons (Fsp3) is 0.118. The molecule has 0 spiro atoms. The van der Waals surface area contributed by atoms with Crippen LogP contribution in [-0.4, -0.2) is 25.1 Å². The molecule has 3 N–H and O–H groups in total. The van der Waals surface area contributed by atoms with E-state index in [-0.39, 0.29) is 5.91 Å². The summed E-state index contributed by atoms with van der Waals surface area (Å²) >= 11 is 0. The Bertz CT molecular complexity index is 842. The van der Waals surface area contributed by atoms with Crippen LogP contribution in [0.4, 0.5) is 11.4 Å². The van der Waals surface area contributed by atoms with Crippen molar-refractivity contribution in [1.29, 1.82) is 0 Å². The molecule has 2 aromatic carbocycles. The van der Waals surface area contributed by atoms with Crippen molar-refractivity contribution < 1.29 is 14.4 Å². The minimum atomic E-state index is -0.329. The maximum absolute atomic E-state index is 11.8. The average Bonchev–Trinajstić information content (AvgIpc) is 3.03. The Morgan fingerprint density at radius 3 is 2.74 bits per heavy atom. The van der Waals surface area contributed by atoms with Crippen LogP contribution in [0.1, 0.15) is 10.4 Å². The third-order valence-electron chi connectivity index (χ3n) is 3.49. The van der Waals surface area contributed by atoms with Crippen molar-refractivity contribution in [2.24, 2.45) is 0 Å². The van der Waals surface area contributed by atoms with Gasteiger partial charge in [-0.05, 0) is 41.8 Å².